The SMILES string of the molecule is COC(=O)CCN(CC(C)C)C(=O)c1ccc(-n2nc(C)cc2C)cc1. The van der Waals surface area contributed by atoms with E-state index in [4.69, 9.17) is 0 Å². The summed E-state index contributed by atoms with van der Waals surface area (Å²) >= 11 is 0. The average Bonchev–Trinajstić information content (AvgIpc) is 2.95. The first-order chi connectivity index (χ1) is 12.3. The van der Waals surface area contributed by atoms with Gasteiger partial charge in [-0.25, -0.2) is 4.68 Å². The molecular formula is C20H27N3O3. The van der Waals surface area contributed by atoms with E-state index in [0.717, 1.165) is 17.1 Å². The maximum absolute atomic E-state index is 12.9. The van der Waals surface area contributed by atoms with Crippen molar-refractivity contribution in [2.75, 3.05) is 20.2 Å². The molecule has 26 heavy (non-hydrogen) atoms. The maximum atomic E-state index is 12.9. The molecule has 0 saturated carbocycles. The number of aromatic nitrogens is 2. The summed E-state index contributed by atoms with van der Waals surface area (Å²) in [6, 6.07) is 9.40. The minimum Gasteiger partial charge on any atom is -0.469 e. The lowest BCUT2D eigenvalue weighted by molar-refractivity contribution is -0.140. The summed E-state index contributed by atoms with van der Waals surface area (Å²) in [5, 5.41) is 4.46. The summed E-state index contributed by atoms with van der Waals surface area (Å²) in [6.45, 7) is 8.98. The van der Waals surface area contributed by atoms with Gasteiger partial charge in [-0.1, -0.05) is 13.8 Å². The van der Waals surface area contributed by atoms with E-state index in [9.17, 15) is 9.59 Å². The number of benzene rings is 1. The van der Waals surface area contributed by atoms with Crippen LogP contribution >= 0.6 is 0 Å². The highest BCUT2D eigenvalue weighted by Crippen LogP contribution is 2.15. The summed E-state index contributed by atoms with van der Waals surface area (Å²) in [5.41, 5.74) is 3.51. The third-order valence-corrected chi connectivity index (χ3v) is 4.05. The number of carbonyl (C=O) groups is 2. The summed E-state index contributed by atoms with van der Waals surface area (Å²) < 4.78 is 6.54. The maximum Gasteiger partial charge on any atom is 0.307 e. The number of hydrogen-bond donors (Lipinski definition) is 0. The molecule has 0 N–H and O–H groups in total. The molecule has 0 atom stereocenters. The Balaban J connectivity index is 2.17. The van der Waals surface area contributed by atoms with Gasteiger partial charge in [0.15, 0.2) is 0 Å². The van der Waals surface area contributed by atoms with E-state index in [-0.39, 0.29) is 18.3 Å². The number of aryl methyl sites for hydroxylation is 2. The van der Waals surface area contributed by atoms with Crippen LogP contribution < -0.4 is 0 Å². The van der Waals surface area contributed by atoms with Crippen LogP contribution in [0, 0.1) is 19.8 Å². The third-order valence-electron chi connectivity index (χ3n) is 4.05. The average molecular weight is 357 g/mol. The van der Waals surface area contributed by atoms with Crippen molar-refractivity contribution in [2.45, 2.75) is 34.1 Å². The van der Waals surface area contributed by atoms with Gasteiger partial charge in [-0.3, -0.25) is 9.59 Å². The molecule has 0 aliphatic heterocycles. The molecule has 2 aromatic rings. The van der Waals surface area contributed by atoms with Crippen LogP contribution in [0.2, 0.25) is 0 Å². The second-order valence-electron chi connectivity index (χ2n) is 6.86. The zero-order chi connectivity index (χ0) is 19.3. The first kappa shape index (κ1) is 19.7. The van der Waals surface area contributed by atoms with Crippen LogP contribution in [0.1, 0.15) is 42.0 Å². The lowest BCUT2D eigenvalue weighted by Gasteiger charge is -2.24. The number of hydrogen-bond acceptors (Lipinski definition) is 4. The predicted molar refractivity (Wildman–Crippen MR) is 100 cm³/mol. The van der Waals surface area contributed by atoms with E-state index in [1.54, 1.807) is 17.0 Å². The Morgan fingerprint density at radius 2 is 1.85 bits per heavy atom. The van der Waals surface area contributed by atoms with Crippen molar-refractivity contribution in [3.05, 3.63) is 47.3 Å². The molecule has 0 unspecified atom stereocenters. The van der Waals surface area contributed by atoms with Crippen molar-refractivity contribution < 1.29 is 14.3 Å². The second-order valence-corrected chi connectivity index (χ2v) is 6.86. The van der Waals surface area contributed by atoms with Crippen molar-refractivity contribution >= 4 is 11.9 Å². The Kier molecular flexibility index (Phi) is 6.55. The fourth-order valence-corrected chi connectivity index (χ4v) is 2.86. The third kappa shape index (κ3) is 4.94. The second kappa shape index (κ2) is 8.65. The Morgan fingerprint density at radius 1 is 1.19 bits per heavy atom. The lowest BCUT2D eigenvalue weighted by atomic mass is 10.1. The van der Waals surface area contributed by atoms with Gasteiger partial charge in [0.25, 0.3) is 5.91 Å². The summed E-state index contributed by atoms with van der Waals surface area (Å²) in [5.74, 6) is -0.0838. The van der Waals surface area contributed by atoms with E-state index in [0.29, 0.717) is 24.6 Å². The largest absolute Gasteiger partial charge is 0.469 e. The van der Waals surface area contributed by atoms with Gasteiger partial charge >= 0.3 is 5.97 Å². The number of methoxy groups -OCH3 is 1. The van der Waals surface area contributed by atoms with Gasteiger partial charge < -0.3 is 9.64 Å². The highest BCUT2D eigenvalue weighted by atomic mass is 16.5. The number of amides is 1. The Hall–Kier alpha value is -2.63. The van der Waals surface area contributed by atoms with Gasteiger partial charge in [0.1, 0.15) is 0 Å². The predicted octanol–water partition coefficient (Wildman–Crippen LogP) is 3.15. The number of esters is 1. The van der Waals surface area contributed by atoms with Crippen molar-refractivity contribution in [3.63, 3.8) is 0 Å². The van der Waals surface area contributed by atoms with Crippen molar-refractivity contribution in [1.82, 2.24) is 14.7 Å². The smallest absolute Gasteiger partial charge is 0.307 e. The van der Waals surface area contributed by atoms with Gasteiger partial charge in [0, 0.05) is 24.3 Å². The van der Waals surface area contributed by atoms with E-state index in [2.05, 4.69) is 9.84 Å². The van der Waals surface area contributed by atoms with Gasteiger partial charge in [-0.2, -0.15) is 5.10 Å². The van der Waals surface area contributed by atoms with Crippen LogP contribution in [0.5, 0.6) is 0 Å². The molecule has 1 aromatic heterocycles. The van der Waals surface area contributed by atoms with E-state index >= 15 is 0 Å². The highest BCUT2D eigenvalue weighted by Gasteiger charge is 2.18. The van der Waals surface area contributed by atoms with Crippen molar-refractivity contribution in [1.29, 1.82) is 0 Å². The van der Waals surface area contributed by atoms with Crippen LogP contribution in [0.25, 0.3) is 5.69 Å². The molecule has 0 saturated heterocycles. The van der Waals surface area contributed by atoms with Crippen LogP contribution in [0.4, 0.5) is 0 Å². The molecule has 1 aromatic carbocycles. The van der Waals surface area contributed by atoms with Crippen molar-refractivity contribution in [2.24, 2.45) is 5.92 Å². The molecule has 6 nitrogen and oxygen atoms in total. The Bertz CT molecular complexity index is 763. The van der Waals surface area contributed by atoms with E-state index in [1.807, 2.05) is 50.6 Å². The number of rotatable bonds is 7. The van der Waals surface area contributed by atoms with Crippen molar-refractivity contribution in [3.8, 4) is 5.69 Å². The van der Waals surface area contributed by atoms with Gasteiger partial charge in [-0.05, 0) is 50.1 Å². The molecule has 0 aliphatic rings. The molecule has 140 valence electrons. The highest BCUT2D eigenvalue weighted by molar-refractivity contribution is 5.94. The first-order valence-electron chi connectivity index (χ1n) is 8.81. The molecule has 6 heteroatoms. The summed E-state index contributed by atoms with van der Waals surface area (Å²) in [6.07, 6.45) is 0.193. The van der Waals surface area contributed by atoms with Crippen LogP contribution in [0.15, 0.2) is 30.3 Å². The lowest BCUT2D eigenvalue weighted by Crippen LogP contribution is -2.36. The van der Waals surface area contributed by atoms with E-state index in [1.165, 1.54) is 7.11 Å². The number of carbonyl (C=O) groups excluding carboxylic acids is 2. The molecule has 0 spiro atoms. The Morgan fingerprint density at radius 3 is 2.35 bits per heavy atom. The zero-order valence-electron chi connectivity index (χ0n) is 16.2. The molecular weight excluding hydrogens is 330 g/mol. The normalized spacial score (nSPS) is 10.8. The van der Waals surface area contributed by atoms with Gasteiger partial charge in [-0.15, -0.1) is 0 Å². The monoisotopic (exact) mass is 357 g/mol. The number of ether oxygens (including phenoxy) is 1. The minimum absolute atomic E-state index is 0.0810. The van der Waals surface area contributed by atoms with Crippen LogP contribution in [-0.2, 0) is 9.53 Å². The quantitative estimate of drug-likeness (QED) is 0.714. The van der Waals surface area contributed by atoms with Gasteiger partial charge in [0.2, 0.25) is 0 Å². The molecule has 0 aliphatic carbocycles. The minimum atomic E-state index is -0.313. The van der Waals surface area contributed by atoms with Gasteiger partial charge in [0.05, 0.1) is 24.9 Å². The van der Waals surface area contributed by atoms with Crippen LogP contribution in [-0.4, -0.2) is 46.8 Å². The molecule has 1 amide bonds. The topological polar surface area (TPSA) is 64.4 Å². The van der Waals surface area contributed by atoms with Crippen LogP contribution in [0.3, 0.4) is 0 Å². The summed E-state index contributed by atoms with van der Waals surface area (Å²) in [4.78, 5) is 26.0. The standard InChI is InChI=1S/C20H27N3O3/c1-14(2)13-22(11-10-19(24)26-5)20(25)17-6-8-18(9-7-17)23-16(4)12-15(3)21-23/h6-9,12,14H,10-11,13H2,1-5H3. The molecule has 1 heterocycles. The number of nitrogens with zero attached hydrogens (tertiary/aromatic N) is 3. The van der Waals surface area contributed by atoms with E-state index < -0.39 is 0 Å². The fraction of sp³-hybridized carbons (Fsp3) is 0.450. The zero-order valence-corrected chi connectivity index (χ0v) is 16.2. The first-order valence-corrected chi connectivity index (χ1v) is 8.81. The molecule has 0 fully saturated rings. The molecule has 2 rings (SSSR count). The summed E-state index contributed by atoms with van der Waals surface area (Å²) in [7, 11) is 1.36. The molecule has 0 bridgehead atoms. The fourth-order valence-electron chi connectivity index (χ4n) is 2.86. The molecule has 0 radical (unpaired) electrons. The Labute approximate surface area is 154 Å².